The zero-order valence-electron chi connectivity index (χ0n) is 20.9. The highest BCUT2D eigenvalue weighted by atomic mass is 16.5. The number of aromatic hydroxyl groups is 1. The van der Waals surface area contributed by atoms with Gasteiger partial charge in [0.2, 0.25) is 5.91 Å². The van der Waals surface area contributed by atoms with E-state index in [0.717, 1.165) is 37.9 Å². The summed E-state index contributed by atoms with van der Waals surface area (Å²) in [6.07, 6.45) is 4.46. The van der Waals surface area contributed by atoms with Crippen molar-refractivity contribution in [2.24, 2.45) is 5.41 Å². The Bertz CT molecular complexity index is 1230. The number of hydrogen-bond acceptors (Lipinski definition) is 8. The molecule has 5 rings (SSSR count). The maximum atomic E-state index is 12.0. The summed E-state index contributed by atoms with van der Waals surface area (Å²) in [6, 6.07) is 7.93. The summed E-state index contributed by atoms with van der Waals surface area (Å²) >= 11 is 0. The second-order valence-electron chi connectivity index (χ2n) is 10.3. The molecule has 0 bridgehead atoms. The van der Waals surface area contributed by atoms with E-state index in [0.29, 0.717) is 54.9 Å². The van der Waals surface area contributed by atoms with Crippen LogP contribution in [0.5, 0.6) is 11.8 Å². The number of anilines is 1. The number of benzene rings is 1. The normalized spacial score (nSPS) is 20.9. The number of hydrogen-bond donors (Lipinski definition) is 1. The summed E-state index contributed by atoms with van der Waals surface area (Å²) in [6.45, 7) is 9.81. The van der Waals surface area contributed by atoms with Crippen LogP contribution in [0.1, 0.15) is 30.4 Å². The summed E-state index contributed by atoms with van der Waals surface area (Å²) < 4.78 is 6.12. The lowest BCUT2D eigenvalue weighted by Crippen LogP contribution is -2.59. The molecule has 1 atom stereocenters. The van der Waals surface area contributed by atoms with Crippen LogP contribution in [0, 0.1) is 23.7 Å². The van der Waals surface area contributed by atoms with Crippen LogP contribution in [-0.4, -0.2) is 83.2 Å². The van der Waals surface area contributed by atoms with Gasteiger partial charge < -0.3 is 24.5 Å². The molecule has 1 unspecified atom stereocenters. The predicted molar refractivity (Wildman–Crippen MR) is 136 cm³/mol. The third-order valence-corrected chi connectivity index (χ3v) is 7.81. The van der Waals surface area contributed by atoms with Gasteiger partial charge in [0.05, 0.1) is 5.69 Å². The Labute approximate surface area is 211 Å². The average molecular weight is 489 g/mol. The smallest absolute Gasteiger partial charge is 0.319 e. The van der Waals surface area contributed by atoms with Gasteiger partial charge in [0.25, 0.3) is 0 Å². The first-order valence-electron chi connectivity index (χ1n) is 12.4. The number of nitrogens with zero attached hydrogens (tertiary/aromatic N) is 6. The van der Waals surface area contributed by atoms with Crippen molar-refractivity contribution in [3.8, 4) is 29.1 Å². The average Bonchev–Trinajstić information content (AvgIpc) is 3.49. The lowest BCUT2D eigenvalue weighted by Gasteiger charge is -2.47. The maximum Gasteiger partial charge on any atom is 0.319 e. The van der Waals surface area contributed by atoms with E-state index in [4.69, 9.17) is 9.72 Å². The van der Waals surface area contributed by atoms with Crippen LogP contribution in [0.15, 0.2) is 30.9 Å². The second-order valence-corrected chi connectivity index (χ2v) is 10.3. The Hall–Kier alpha value is -3.64. The first-order chi connectivity index (χ1) is 17.3. The molecule has 1 N–H and O–H groups in total. The van der Waals surface area contributed by atoms with Gasteiger partial charge in [-0.1, -0.05) is 12.6 Å². The molecule has 0 aliphatic carbocycles. The molecule has 3 aliphatic rings. The first kappa shape index (κ1) is 24.1. The Morgan fingerprint density at radius 1 is 1.33 bits per heavy atom. The highest BCUT2D eigenvalue weighted by Gasteiger charge is 2.49. The number of rotatable bonds is 6. The molecule has 3 aliphatic heterocycles. The fourth-order valence-corrected chi connectivity index (χ4v) is 5.67. The molecule has 1 spiro atoms. The second kappa shape index (κ2) is 9.43. The summed E-state index contributed by atoms with van der Waals surface area (Å²) in [4.78, 5) is 27.6. The predicted octanol–water partition coefficient (Wildman–Crippen LogP) is 2.73. The Morgan fingerprint density at radius 2 is 2.14 bits per heavy atom. The fourth-order valence-electron chi connectivity index (χ4n) is 5.67. The molecule has 9 heteroatoms. The van der Waals surface area contributed by atoms with Gasteiger partial charge in [-0.2, -0.15) is 15.2 Å². The SMILES string of the molecule is C=CC(=O)N1CC2(CCN(c3nc(OCC4CCCN4C)nc(-c4cc(O)ccc4C)c3C#N)C2)C1. The molecule has 3 fully saturated rings. The fraction of sp³-hybridized carbons (Fsp3) is 0.481. The van der Waals surface area contributed by atoms with Gasteiger partial charge in [-0.15, -0.1) is 0 Å². The van der Waals surface area contributed by atoms with E-state index >= 15 is 0 Å². The third kappa shape index (κ3) is 4.37. The summed E-state index contributed by atoms with van der Waals surface area (Å²) in [5.74, 6) is 0.606. The van der Waals surface area contributed by atoms with E-state index in [1.807, 2.05) is 13.0 Å². The van der Waals surface area contributed by atoms with Crippen LogP contribution in [0.3, 0.4) is 0 Å². The number of aryl methyl sites for hydroxylation is 1. The molecule has 188 valence electrons. The van der Waals surface area contributed by atoms with Crippen molar-refractivity contribution in [3.05, 3.63) is 42.0 Å². The molecule has 1 aromatic heterocycles. The molecule has 3 saturated heterocycles. The van der Waals surface area contributed by atoms with Crippen molar-refractivity contribution in [1.82, 2.24) is 19.8 Å². The lowest BCUT2D eigenvalue weighted by molar-refractivity contribution is -0.136. The van der Waals surface area contributed by atoms with Gasteiger partial charge >= 0.3 is 6.01 Å². The number of phenolic OH excluding ortho intramolecular Hbond substituents is 1. The number of carbonyl (C=O) groups excluding carboxylic acids is 1. The van der Waals surface area contributed by atoms with E-state index in [-0.39, 0.29) is 23.1 Å². The summed E-state index contributed by atoms with van der Waals surface area (Å²) in [5.41, 5.74) is 2.39. The van der Waals surface area contributed by atoms with Crippen molar-refractivity contribution in [2.75, 3.05) is 51.3 Å². The molecular formula is C27H32N6O3. The van der Waals surface area contributed by atoms with Crippen LogP contribution >= 0.6 is 0 Å². The van der Waals surface area contributed by atoms with Gasteiger partial charge in [0.15, 0.2) is 5.82 Å². The molecule has 0 radical (unpaired) electrons. The number of aromatic nitrogens is 2. The molecular weight excluding hydrogens is 456 g/mol. The summed E-state index contributed by atoms with van der Waals surface area (Å²) in [5, 5.41) is 20.4. The van der Waals surface area contributed by atoms with Gasteiger partial charge in [-0.25, -0.2) is 0 Å². The Kier molecular flexibility index (Phi) is 6.31. The molecule has 0 saturated carbocycles. The molecule has 36 heavy (non-hydrogen) atoms. The van der Waals surface area contributed by atoms with Gasteiger partial charge in [-0.3, -0.25) is 4.79 Å². The van der Waals surface area contributed by atoms with Crippen LogP contribution in [0.2, 0.25) is 0 Å². The largest absolute Gasteiger partial charge is 0.508 e. The molecule has 9 nitrogen and oxygen atoms in total. The number of nitriles is 1. The molecule has 1 aromatic carbocycles. The quantitative estimate of drug-likeness (QED) is 0.619. The number of likely N-dealkylation sites (tertiary alicyclic amines) is 2. The molecule has 4 heterocycles. The minimum Gasteiger partial charge on any atom is -0.508 e. The first-order valence-corrected chi connectivity index (χ1v) is 12.4. The van der Waals surface area contributed by atoms with Crippen molar-refractivity contribution >= 4 is 11.7 Å². The summed E-state index contributed by atoms with van der Waals surface area (Å²) in [7, 11) is 2.09. The van der Waals surface area contributed by atoms with Crippen molar-refractivity contribution in [3.63, 3.8) is 0 Å². The van der Waals surface area contributed by atoms with Crippen molar-refractivity contribution in [2.45, 2.75) is 32.2 Å². The van der Waals surface area contributed by atoms with Gasteiger partial charge in [0.1, 0.15) is 24.0 Å². The number of carbonyl (C=O) groups is 1. The van der Waals surface area contributed by atoms with Crippen molar-refractivity contribution in [1.29, 1.82) is 5.26 Å². The van der Waals surface area contributed by atoms with E-state index in [2.05, 4.69) is 34.5 Å². The Balaban J connectivity index is 1.49. The van der Waals surface area contributed by atoms with Crippen molar-refractivity contribution < 1.29 is 14.6 Å². The maximum absolute atomic E-state index is 12.0. The minimum atomic E-state index is -0.0481. The van der Waals surface area contributed by atoms with Crippen LogP contribution in [0.4, 0.5) is 5.82 Å². The number of likely N-dealkylation sites (N-methyl/N-ethyl adjacent to an activating group) is 1. The van der Waals surface area contributed by atoms with E-state index < -0.39 is 0 Å². The molecule has 1 amide bonds. The van der Waals surface area contributed by atoms with Crippen LogP contribution in [0.25, 0.3) is 11.3 Å². The molecule has 2 aromatic rings. The van der Waals surface area contributed by atoms with Crippen LogP contribution < -0.4 is 9.64 Å². The zero-order chi connectivity index (χ0) is 25.4. The van der Waals surface area contributed by atoms with E-state index in [9.17, 15) is 15.2 Å². The highest BCUT2D eigenvalue weighted by Crippen LogP contribution is 2.43. The van der Waals surface area contributed by atoms with Gasteiger partial charge in [0, 0.05) is 43.2 Å². The lowest BCUT2D eigenvalue weighted by atomic mass is 9.79. The highest BCUT2D eigenvalue weighted by molar-refractivity contribution is 5.87. The van der Waals surface area contributed by atoms with E-state index in [1.165, 1.54) is 6.08 Å². The van der Waals surface area contributed by atoms with E-state index in [1.54, 1.807) is 17.0 Å². The number of ether oxygens (including phenoxy) is 1. The van der Waals surface area contributed by atoms with Crippen LogP contribution in [-0.2, 0) is 4.79 Å². The Morgan fingerprint density at radius 3 is 2.83 bits per heavy atom. The topological polar surface area (TPSA) is 106 Å². The monoisotopic (exact) mass is 488 g/mol. The number of amides is 1. The third-order valence-electron chi connectivity index (χ3n) is 7.81. The minimum absolute atomic E-state index is 0.00891. The standard InChI is InChI=1S/C27H32N6O3/c1-4-23(35)33-16-27(17-33)9-11-32(15-27)25-22(13-28)24(21-12-20(34)8-7-18(21)2)29-26(30-25)36-14-19-6-5-10-31(19)3/h4,7-8,12,19,34H,1,5-6,9-11,14-17H2,2-3H3. The van der Waals surface area contributed by atoms with Gasteiger partial charge in [-0.05, 0) is 63.6 Å². The zero-order valence-corrected chi connectivity index (χ0v) is 20.9. The number of phenols is 1.